The smallest absolute Gasteiger partial charge is 0.276 e. The third-order valence-electron chi connectivity index (χ3n) is 1.41. The molecule has 0 aliphatic heterocycles. The van der Waals surface area contributed by atoms with Crippen molar-refractivity contribution in [3.8, 4) is 5.40 Å². The zero-order chi connectivity index (χ0) is 9.26. The van der Waals surface area contributed by atoms with Crippen molar-refractivity contribution < 1.29 is 0 Å². The molecule has 0 atom stereocenters. The number of aromatic amines is 2. The molecular weight excluding hydrogens is 190 g/mol. The predicted octanol–water partition coefficient (Wildman–Crippen LogP) is 0.219. The number of aromatic nitrogens is 4. The first-order valence-electron chi connectivity index (χ1n) is 3.30. The highest BCUT2D eigenvalue weighted by molar-refractivity contribution is 8.03. The summed E-state index contributed by atoms with van der Waals surface area (Å²) in [5, 5.41) is 10.6. The van der Waals surface area contributed by atoms with Crippen molar-refractivity contribution in [2.24, 2.45) is 0 Å². The van der Waals surface area contributed by atoms with Gasteiger partial charge in [0.15, 0.2) is 16.3 Å². The summed E-state index contributed by atoms with van der Waals surface area (Å²) in [7, 11) is 0. The van der Waals surface area contributed by atoms with Crippen molar-refractivity contribution in [2.45, 2.75) is 5.16 Å². The quantitative estimate of drug-likeness (QED) is 0.498. The van der Waals surface area contributed by atoms with Gasteiger partial charge in [-0.25, -0.2) is 9.97 Å². The van der Waals surface area contributed by atoms with E-state index in [1.54, 1.807) is 0 Å². The number of H-pyrrole nitrogens is 2. The first-order valence-corrected chi connectivity index (χ1v) is 4.12. The Hall–Kier alpha value is -1.81. The summed E-state index contributed by atoms with van der Waals surface area (Å²) >= 11 is 0.856. The van der Waals surface area contributed by atoms with Crippen LogP contribution < -0.4 is 5.56 Å². The van der Waals surface area contributed by atoms with Crippen molar-refractivity contribution in [1.29, 1.82) is 5.26 Å². The first kappa shape index (κ1) is 7.82. The zero-order valence-corrected chi connectivity index (χ0v) is 7.05. The lowest BCUT2D eigenvalue weighted by atomic mass is 10.6. The monoisotopic (exact) mass is 193 g/mol. The fourth-order valence-corrected chi connectivity index (χ4v) is 1.28. The Kier molecular flexibility index (Phi) is 1.75. The molecule has 6 nitrogen and oxygen atoms in total. The van der Waals surface area contributed by atoms with Crippen LogP contribution in [-0.2, 0) is 0 Å². The molecule has 2 heterocycles. The maximum atomic E-state index is 11.1. The Morgan fingerprint density at radius 3 is 3.15 bits per heavy atom. The predicted molar refractivity (Wildman–Crippen MR) is 46.0 cm³/mol. The van der Waals surface area contributed by atoms with E-state index in [0.29, 0.717) is 16.3 Å². The zero-order valence-electron chi connectivity index (χ0n) is 6.24. The molecule has 64 valence electrons. The second-order valence-electron chi connectivity index (χ2n) is 2.17. The van der Waals surface area contributed by atoms with Crippen LogP contribution in [0.15, 0.2) is 16.3 Å². The molecule has 0 spiro atoms. The van der Waals surface area contributed by atoms with Crippen molar-refractivity contribution in [3.63, 3.8) is 0 Å². The fourth-order valence-electron chi connectivity index (χ4n) is 0.910. The summed E-state index contributed by atoms with van der Waals surface area (Å²) in [6.07, 6.45) is 1.27. The molecule has 0 fully saturated rings. The van der Waals surface area contributed by atoms with Gasteiger partial charge in [-0.2, -0.15) is 5.26 Å². The molecule has 0 saturated heterocycles. The number of nitriles is 1. The Balaban J connectivity index is 2.70. The van der Waals surface area contributed by atoms with Crippen LogP contribution >= 0.6 is 11.8 Å². The fraction of sp³-hybridized carbons (Fsp3) is 0. The highest BCUT2D eigenvalue weighted by Gasteiger charge is 2.06. The Morgan fingerprint density at radius 2 is 2.46 bits per heavy atom. The van der Waals surface area contributed by atoms with Crippen LogP contribution in [-0.4, -0.2) is 19.9 Å². The standard InChI is InChI=1S/C6H3N5OS/c7-1-13-6-10-3-4(11-6)8-2-9-5(3)12/h2H,(H2,8,9,10,11,12). The van der Waals surface area contributed by atoms with E-state index in [9.17, 15) is 4.79 Å². The van der Waals surface area contributed by atoms with Gasteiger partial charge in [0.05, 0.1) is 6.33 Å². The van der Waals surface area contributed by atoms with E-state index in [0.717, 1.165) is 11.8 Å². The van der Waals surface area contributed by atoms with Gasteiger partial charge >= 0.3 is 0 Å². The third-order valence-corrected chi connectivity index (χ3v) is 1.89. The lowest BCUT2D eigenvalue weighted by Gasteiger charge is -1.81. The van der Waals surface area contributed by atoms with Crippen molar-refractivity contribution in [2.75, 3.05) is 0 Å². The molecule has 2 rings (SSSR count). The largest absolute Gasteiger partial charge is 0.326 e. The minimum absolute atomic E-state index is 0.290. The average Bonchev–Trinajstić information content (AvgIpc) is 2.49. The number of hydrogen-bond acceptors (Lipinski definition) is 5. The number of thioether (sulfide) groups is 1. The molecule has 2 aromatic heterocycles. The van der Waals surface area contributed by atoms with Crippen LogP contribution in [0.3, 0.4) is 0 Å². The maximum Gasteiger partial charge on any atom is 0.276 e. The molecule has 0 saturated carbocycles. The lowest BCUT2D eigenvalue weighted by molar-refractivity contribution is 1.08. The molecule has 0 aromatic carbocycles. The van der Waals surface area contributed by atoms with Crippen molar-refractivity contribution >= 4 is 22.9 Å². The molecule has 0 aliphatic carbocycles. The van der Waals surface area contributed by atoms with Crippen LogP contribution in [0, 0.1) is 10.7 Å². The van der Waals surface area contributed by atoms with Crippen LogP contribution in [0.4, 0.5) is 0 Å². The summed E-state index contributed by atoms with van der Waals surface area (Å²) in [6.45, 7) is 0. The molecule has 7 heteroatoms. The number of nitrogens with one attached hydrogen (secondary N) is 2. The minimum atomic E-state index is -0.290. The van der Waals surface area contributed by atoms with E-state index in [1.165, 1.54) is 6.33 Å². The summed E-state index contributed by atoms with van der Waals surface area (Å²) in [5.74, 6) is 0. The van der Waals surface area contributed by atoms with Crippen LogP contribution in [0.5, 0.6) is 0 Å². The molecule has 13 heavy (non-hydrogen) atoms. The van der Waals surface area contributed by atoms with Gasteiger partial charge in [-0.1, -0.05) is 0 Å². The van der Waals surface area contributed by atoms with Crippen LogP contribution in [0.25, 0.3) is 11.2 Å². The van der Waals surface area contributed by atoms with Crippen molar-refractivity contribution in [1.82, 2.24) is 19.9 Å². The Labute approximate surface area is 76.0 Å². The molecule has 0 aliphatic rings. The first-order chi connectivity index (χ1) is 6.31. The topological polar surface area (TPSA) is 98.2 Å². The van der Waals surface area contributed by atoms with Gasteiger partial charge in [0.1, 0.15) is 5.40 Å². The summed E-state index contributed by atoms with van der Waals surface area (Å²) < 4.78 is 0. The Morgan fingerprint density at radius 1 is 1.62 bits per heavy atom. The summed E-state index contributed by atoms with van der Waals surface area (Å²) in [4.78, 5) is 24.0. The SMILES string of the molecule is N#CSc1nc2nc[nH]c(=O)c2[nH]1. The van der Waals surface area contributed by atoms with E-state index in [4.69, 9.17) is 5.26 Å². The van der Waals surface area contributed by atoms with Gasteiger partial charge in [0.25, 0.3) is 5.56 Å². The number of rotatable bonds is 1. The molecule has 0 radical (unpaired) electrons. The number of hydrogen-bond donors (Lipinski definition) is 2. The molecular formula is C6H3N5OS. The molecule has 2 N–H and O–H groups in total. The van der Waals surface area contributed by atoms with Gasteiger partial charge in [0.2, 0.25) is 0 Å². The van der Waals surface area contributed by atoms with E-state index in [-0.39, 0.29) is 5.56 Å². The number of fused-ring (bicyclic) bond motifs is 1. The number of thiocyanates is 1. The summed E-state index contributed by atoms with van der Waals surface area (Å²) in [5.41, 5.74) is 0.323. The normalized spacial score (nSPS) is 10.1. The number of nitrogens with zero attached hydrogens (tertiary/aromatic N) is 3. The van der Waals surface area contributed by atoms with E-state index >= 15 is 0 Å². The molecule has 0 bridgehead atoms. The summed E-state index contributed by atoms with van der Waals surface area (Å²) in [6, 6.07) is 0. The maximum absolute atomic E-state index is 11.1. The second kappa shape index (κ2) is 2.91. The Bertz CT molecular complexity index is 536. The van der Waals surface area contributed by atoms with Gasteiger partial charge in [-0.3, -0.25) is 4.79 Å². The van der Waals surface area contributed by atoms with E-state index < -0.39 is 0 Å². The van der Waals surface area contributed by atoms with Gasteiger partial charge in [-0.15, -0.1) is 0 Å². The average molecular weight is 193 g/mol. The minimum Gasteiger partial charge on any atom is -0.326 e. The van der Waals surface area contributed by atoms with Gasteiger partial charge in [0, 0.05) is 11.8 Å². The van der Waals surface area contributed by atoms with Gasteiger partial charge < -0.3 is 9.97 Å². The highest BCUT2D eigenvalue weighted by Crippen LogP contribution is 2.13. The lowest BCUT2D eigenvalue weighted by Crippen LogP contribution is -2.05. The number of imidazole rings is 1. The molecule has 0 unspecified atom stereocenters. The highest BCUT2D eigenvalue weighted by atomic mass is 32.2. The second-order valence-corrected chi connectivity index (χ2v) is 2.94. The molecule has 0 amide bonds. The van der Waals surface area contributed by atoms with E-state index in [2.05, 4.69) is 19.9 Å². The molecule has 2 aromatic rings. The van der Waals surface area contributed by atoms with Gasteiger partial charge in [-0.05, 0) is 0 Å². The van der Waals surface area contributed by atoms with Crippen LogP contribution in [0.1, 0.15) is 0 Å². The van der Waals surface area contributed by atoms with E-state index in [1.807, 2.05) is 5.40 Å². The van der Waals surface area contributed by atoms with Crippen LogP contribution in [0.2, 0.25) is 0 Å². The third kappa shape index (κ3) is 1.27. The van der Waals surface area contributed by atoms with Crippen molar-refractivity contribution in [3.05, 3.63) is 16.7 Å².